The second-order valence-corrected chi connectivity index (χ2v) is 6.79. The highest BCUT2D eigenvalue weighted by molar-refractivity contribution is 7.83. The summed E-state index contributed by atoms with van der Waals surface area (Å²) in [7, 11) is -0.935. The Morgan fingerprint density at radius 2 is 1.95 bits per heavy atom. The summed E-state index contributed by atoms with van der Waals surface area (Å²) in [5, 5.41) is 3.90. The molecule has 0 bridgehead atoms. The van der Waals surface area contributed by atoms with Crippen molar-refractivity contribution < 1.29 is 8.60 Å². The zero-order valence-electron chi connectivity index (χ0n) is 12.0. The van der Waals surface area contributed by atoms with Crippen LogP contribution >= 0.6 is 11.6 Å². The number of anilines is 1. The molecule has 0 saturated carbocycles. The van der Waals surface area contributed by atoms with Gasteiger partial charge in [0.2, 0.25) is 0 Å². The minimum atomic E-state index is -0.935. The topological polar surface area (TPSA) is 29.1 Å². The number of aryl methyl sites for hydroxylation is 1. The number of benzene rings is 2. The monoisotopic (exact) mass is 325 g/mol. The van der Waals surface area contributed by atoms with E-state index in [-0.39, 0.29) is 5.82 Å². The maximum atomic E-state index is 13.1. The third-order valence-electron chi connectivity index (χ3n) is 3.19. The molecule has 0 aliphatic carbocycles. The number of halogens is 2. The van der Waals surface area contributed by atoms with Gasteiger partial charge in [-0.1, -0.05) is 17.7 Å². The van der Waals surface area contributed by atoms with Crippen molar-refractivity contribution in [2.45, 2.75) is 19.2 Å². The Kier molecular flexibility index (Phi) is 5.37. The third kappa shape index (κ3) is 4.55. The molecule has 5 heteroatoms. The summed E-state index contributed by atoms with van der Waals surface area (Å²) in [6.45, 7) is 2.48. The van der Waals surface area contributed by atoms with E-state index in [1.54, 1.807) is 18.4 Å². The van der Waals surface area contributed by atoms with Gasteiger partial charge in [-0.15, -0.1) is 0 Å². The van der Waals surface area contributed by atoms with Crippen molar-refractivity contribution in [3.8, 4) is 0 Å². The number of hydrogen-bond donors (Lipinski definition) is 1. The second kappa shape index (κ2) is 7.05. The zero-order valence-corrected chi connectivity index (χ0v) is 13.5. The lowest BCUT2D eigenvalue weighted by atomic mass is 10.1. The zero-order chi connectivity index (χ0) is 15.4. The van der Waals surface area contributed by atoms with Crippen LogP contribution in [0.3, 0.4) is 0 Å². The number of rotatable bonds is 5. The molecule has 0 aromatic heterocycles. The first kappa shape index (κ1) is 16.0. The number of nitrogens with one attached hydrogen (secondary N) is 1. The fourth-order valence-corrected chi connectivity index (χ4v) is 3.01. The van der Waals surface area contributed by atoms with Crippen molar-refractivity contribution in [1.82, 2.24) is 0 Å². The number of hydrogen-bond acceptors (Lipinski definition) is 2. The van der Waals surface area contributed by atoms with E-state index in [0.29, 0.717) is 17.3 Å². The van der Waals surface area contributed by atoms with Gasteiger partial charge in [-0.05, 0) is 53.9 Å². The lowest BCUT2D eigenvalue weighted by molar-refractivity contribution is 0.625. The molecule has 21 heavy (non-hydrogen) atoms. The van der Waals surface area contributed by atoms with Gasteiger partial charge in [0.05, 0.1) is 0 Å². The van der Waals surface area contributed by atoms with Gasteiger partial charge in [0.1, 0.15) is 5.82 Å². The molecule has 0 aliphatic heterocycles. The minimum Gasteiger partial charge on any atom is -0.381 e. The van der Waals surface area contributed by atoms with E-state index in [2.05, 4.69) is 5.32 Å². The maximum absolute atomic E-state index is 13.1. The van der Waals surface area contributed by atoms with E-state index in [1.165, 1.54) is 12.1 Å². The van der Waals surface area contributed by atoms with Crippen LogP contribution in [-0.2, 0) is 23.1 Å². The SMILES string of the molecule is Cc1cc(F)ccc1CNc1ccc(Cl)c(C[S@@](C)=O)c1. The largest absolute Gasteiger partial charge is 0.381 e. The Balaban J connectivity index is 2.11. The van der Waals surface area contributed by atoms with Crippen LogP contribution in [0.4, 0.5) is 10.1 Å². The molecule has 0 fully saturated rings. The van der Waals surface area contributed by atoms with Crippen LogP contribution in [0.15, 0.2) is 36.4 Å². The molecule has 0 spiro atoms. The quantitative estimate of drug-likeness (QED) is 0.889. The van der Waals surface area contributed by atoms with Crippen LogP contribution in [0.25, 0.3) is 0 Å². The normalized spacial score (nSPS) is 12.2. The molecule has 2 rings (SSSR count). The van der Waals surface area contributed by atoms with Crippen molar-refractivity contribution in [1.29, 1.82) is 0 Å². The average molecular weight is 326 g/mol. The van der Waals surface area contributed by atoms with Crippen molar-refractivity contribution in [2.75, 3.05) is 11.6 Å². The van der Waals surface area contributed by atoms with Crippen LogP contribution < -0.4 is 5.32 Å². The summed E-state index contributed by atoms with van der Waals surface area (Å²) < 4.78 is 24.4. The van der Waals surface area contributed by atoms with E-state index in [4.69, 9.17) is 11.6 Å². The van der Waals surface area contributed by atoms with Crippen molar-refractivity contribution in [2.24, 2.45) is 0 Å². The van der Waals surface area contributed by atoms with Crippen LogP contribution in [0.5, 0.6) is 0 Å². The Hall–Kier alpha value is -1.39. The van der Waals surface area contributed by atoms with Gasteiger partial charge in [0.15, 0.2) is 0 Å². The van der Waals surface area contributed by atoms with Gasteiger partial charge in [0.25, 0.3) is 0 Å². The van der Waals surface area contributed by atoms with Crippen molar-refractivity contribution in [3.63, 3.8) is 0 Å². The van der Waals surface area contributed by atoms with Crippen LogP contribution in [0.1, 0.15) is 16.7 Å². The van der Waals surface area contributed by atoms with E-state index < -0.39 is 10.8 Å². The van der Waals surface area contributed by atoms with E-state index >= 15 is 0 Å². The van der Waals surface area contributed by atoms with E-state index in [0.717, 1.165) is 22.4 Å². The van der Waals surface area contributed by atoms with Crippen molar-refractivity contribution >= 4 is 28.1 Å². The fraction of sp³-hybridized carbons (Fsp3) is 0.250. The standard InChI is InChI=1S/C16H17ClFNOS/c1-11-7-14(18)4-3-12(11)9-19-15-5-6-16(17)13(8-15)10-21(2)20/h3-8,19H,9-10H2,1-2H3/t21-/m1/s1. The third-order valence-corrected chi connectivity index (χ3v) is 4.28. The highest BCUT2D eigenvalue weighted by Gasteiger charge is 2.05. The van der Waals surface area contributed by atoms with Gasteiger partial charge in [0, 0.05) is 40.1 Å². The first-order valence-electron chi connectivity index (χ1n) is 6.53. The Labute approximate surface area is 131 Å². The Morgan fingerprint density at radius 3 is 2.62 bits per heavy atom. The van der Waals surface area contributed by atoms with Crippen LogP contribution in [0, 0.1) is 12.7 Å². The smallest absolute Gasteiger partial charge is 0.123 e. The van der Waals surface area contributed by atoms with E-state index in [9.17, 15) is 8.60 Å². The minimum absolute atomic E-state index is 0.226. The summed E-state index contributed by atoms with van der Waals surface area (Å²) in [5.74, 6) is 0.208. The molecule has 2 aromatic carbocycles. The Morgan fingerprint density at radius 1 is 1.19 bits per heavy atom. The summed E-state index contributed by atoms with van der Waals surface area (Å²) in [6, 6.07) is 10.3. The molecule has 0 unspecified atom stereocenters. The first-order chi connectivity index (χ1) is 9.95. The van der Waals surface area contributed by atoms with Gasteiger partial charge < -0.3 is 5.32 Å². The molecular weight excluding hydrogens is 309 g/mol. The molecule has 0 saturated heterocycles. The lowest BCUT2D eigenvalue weighted by Crippen LogP contribution is -2.03. The average Bonchev–Trinajstić information content (AvgIpc) is 2.40. The Bertz CT molecular complexity index is 675. The summed E-state index contributed by atoms with van der Waals surface area (Å²) in [4.78, 5) is 0. The highest BCUT2D eigenvalue weighted by Crippen LogP contribution is 2.22. The summed E-state index contributed by atoms with van der Waals surface area (Å²) in [6.07, 6.45) is 1.65. The summed E-state index contributed by atoms with van der Waals surface area (Å²) >= 11 is 6.10. The van der Waals surface area contributed by atoms with Crippen molar-refractivity contribution in [3.05, 3.63) is 63.9 Å². The molecule has 2 aromatic rings. The molecule has 1 atom stereocenters. The van der Waals surface area contributed by atoms with Crippen LogP contribution in [-0.4, -0.2) is 10.5 Å². The highest BCUT2D eigenvalue weighted by atomic mass is 35.5. The van der Waals surface area contributed by atoms with E-state index in [1.807, 2.05) is 19.1 Å². The molecule has 0 radical (unpaired) electrons. The predicted octanol–water partition coefficient (Wildman–Crippen LogP) is 4.28. The predicted molar refractivity (Wildman–Crippen MR) is 87.7 cm³/mol. The van der Waals surface area contributed by atoms with Gasteiger partial charge in [-0.2, -0.15) is 0 Å². The molecule has 1 N–H and O–H groups in total. The van der Waals surface area contributed by atoms with Gasteiger partial charge in [-0.3, -0.25) is 4.21 Å². The molecule has 0 amide bonds. The first-order valence-corrected chi connectivity index (χ1v) is 8.63. The second-order valence-electron chi connectivity index (χ2n) is 4.95. The maximum Gasteiger partial charge on any atom is 0.123 e. The fourth-order valence-electron chi connectivity index (χ4n) is 2.07. The molecule has 0 heterocycles. The molecular formula is C16H17ClFNOS. The van der Waals surface area contributed by atoms with Gasteiger partial charge >= 0.3 is 0 Å². The van der Waals surface area contributed by atoms with Crippen LogP contribution in [0.2, 0.25) is 5.02 Å². The molecule has 112 valence electrons. The molecule has 0 aliphatic rings. The lowest BCUT2D eigenvalue weighted by Gasteiger charge is -2.11. The summed E-state index contributed by atoms with van der Waals surface area (Å²) in [5.41, 5.74) is 3.71. The molecule has 2 nitrogen and oxygen atoms in total. The van der Waals surface area contributed by atoms with Gasteiger partial charge in [-0.25, -0.2) is 4.39 Å².